The van der Waals surface area contributed by atoms with Crippen molar-refractivity contribution in [3.8, 4) is 0 Å². The first-order valence-corrected chi connectivity index (χ1v) is 4.57. The zero-order valence-electron chi connectivity index (χ0n) is 9.69. The zero-order valence-corrected chi connectivity index (χ0v) is 9.69. The predicted molar refractivity (Wildman–Crippen MR) is 55.6 cm³/mol. The molecule has 9 nitrogen and oxygen atoms in total. The Kier molecular flexibility index (Phi) is 6.87. The third-order valence-corrected chi connectivity index (χ3v) is 2.30. The number of rotatable bonds is 6. The number of carbonyl (C=O) groups is 3. The lowest BCUT2D eigenvalue weighted by atomic mass is 9.87. The van der Waals surface area contributed by atoms with Crippen LogP contribution in [-0.2, 0) is 14.4 Å². The van der Waals surface area contributed by atoms with Gasteiger partial charge in [-0.1, -0.05) is 0 Å². The van der Waals surface area contributed by atoms with Crippen molar-refractivity contribution in [1.29, 1.82) is 0 Å². The highest BCUT2D eigenvalue weighted by atomic mass is 16.4. The van der Waals surface area contributed by atoms with Crippen LogP contribution in [0.4, 0.5) is 0 Å². The lowest BCUT2D eigenvalue weighted by Crippen LogP contribution is -2.59. The van der Waals surface area contributed by atoms with Crippen LogP contribution in [0.3, 0.4) is 0 Å². The molecule has 0 aromatic carbocycles. The molecule has 18 heavy (non-hydrogen) atoms. The summed E-state index contributed by atoms with van der Waals surface area (Å²) in [4.78, 5) is 32.1. The first-order chi connectivity index (χ1) is 7.53. The molecule has 0 saturated heterocycles. The third kappa shape index (κ3) is 3.82. The van der Waals surface area contributed by atoms with Crippen LogP contribution in [0.2, 0.25) is 0 Å². The van der Waals surface area contributed by atoms with Gasteiger partial charge in [-0.3, -0.25) is 9.59 Å². The minimum absolute atomic E-state index is 0. The maximum Gasteiger partial charge on any atom is 0.335 e. The van der Waals surface area contributed by atoms with E-state index in [0.29, 0.717) is 6.92 Å². The summed E-state index contributed by atoms with van der Waals surface area (Å²) in [6, 6.07) is 0. The number of aliphatic hydroxyl groups excluding tert-OH is 3. The topological polar surface area (TPSA) is 184 Å². The van der Waals surface area contributed by atoms with Crippen molar-refractivity contribution in [2.45, 2.75) is 37.8 Å². The van der Waals surface area contributed by atoms with Gasteiger partial charge in [0, 0.05) is 6.92 Å². The van der Waals surface area contributed by atoms with Gasteiger partial charge in [-0.15, -0.1) is 0 Å². The van der Waals surface area contributed by atoms with Gasteiger partial charge in [0.25, 0.3) is 0 Å². The first-order valence-electron chi connectivity index (χ1n) is 4.57. The Hall–Kier alpha value is -1.39. The van der Waals surface area contributed by atoms with Crippen LogP contribution in [-0.4, -0.2) is 72.5 Å². The van der Waals surface area contributed by atoms with Gasteiger partial charge in [-0.05, 0) is 6.92 Å². The van der Waals surface area contributed by atoms with Crippen molar-refractivity contribution in [3.63, 3.8) is 0 Å². The molecule has 0 bridgehead atoms. The van der Waals surface area contributed by atoms with E-state index in [4.69, 9.17) is 10.2 Å². The maximum absolute atomic E-state index is 11.0. The molecule has 4 unspecified atom stereocenters. The quantitative estimate of drug-likeness (QED) is 0.304. The molecule has 0 aliphatic carbocycles. The molecule has 0 spiro atoms. The van der Waals surface area contributed by atoms with Crippen molar-refractivity contribution in [2.75, 3.05) is 0 Å². The highest BCUT2D eigenvalue weighted by Gasteiger charge is 2.47. The standard InChI is InChI=1S/C9H14O8.H2O/c1-3(10)4(11)5(12)6(13)9(2,17)7(14)8(15)16;/h5-7,12-14,17H,1-2H3,(H,15,16);1H2. The molecule has 0 rings (SSSR count). The number of carboxylic acids is 1. The zero-order chi connectivity index (χ0) is 14.0. The normalized spacial score (nSPS) is 18.8. The van der Waals surface area contributed by atoms with Crippen LogP contribution >= 0.6 is 0 Å². The van der Waals surface area contributed by atoms with Gasteiger partial charge in [0.2, 0.25) is 5.78 Å². The third-order valence-electron chi connectivity index (χ3n) is 2.30. The fourth-order valence-corrected chi connectivity index (χ4v) is 1.08. The molecular weight excluding hydrogens is 252 g/mol. The fraction of sp³-hybridized carbons (Fsp3) is 0.667. The van der Waals surface area contributed by atoms with Crippen molar-refractivity contribution in [2.24, 2.45) is 0 Å². The number of aliphatic hydroxyl groups is 4. The van der Waals surface area contributed by atoms with Gasteiger partial charge in [0.1, 0.15) is 17.8 Å². The average Bonchev–Trinajstić information content (AvgIpc) is 2.24. The van der Waals surface area contributed by atoms with Crippen LogP contribution in [0, 0.1) is 0 Å². The van der Waals surface area contributed by atoms with E-state index in [2.05, 4.69) is 0 Å². The second kappa shape index (κ2) is 6.52. The van der Waals surface area contributed by atoms with E-state index in [1.165, 1.54) is 0 Å². The highest BCUT2D eigenvalue weighted by Crippen LogP contribution is 2.19. The van der Waals surface area contributed by atoms with E-state index in [9.17, 15) is 29.7 Å². The van der Waals surface area contributed by atoms with E-state index in [1.807, 2.05) is 0 Å². The lowest BCUT2D eigenvalue weighted by molar-refractivity contribution is -0.190. The van der Waals surface area contributed by atoms with Gasteiger partial charge in [0.05, 0.1) is 0 Å². The summed E-state index contributed by atoms with van der Waals surface area (Å²) in [5, 5.41) is 45.7. The van der Waals surface area contributed by atoms with Crippen LogP contribution in [0.25, 0.3) is 0 Å². The molecule has 0 heterocycles. The van der Waals surface area contributed by atoms with Gasteiger partial charge >= 0.3 is 5.97 Å². The Labute approximate surface area is 102 Å². The van der Waals surface area contributed by atoms with E-state index in [1.54, 1.807) is 0 Å². The molecule has 4 atom stereocenters. The largest absolute Gasteiger partial charge is 0.479 e. The summed E-state index contributed by atoms with van der Waals surface area (Å²) < 4.78 is 0. The molecule has 9 heteroatoms. The van der Waals surface area contributed by atoms with Gasteiger partial charge in [-0.2, -0.15) is 0 Å². The Bertz CT molecular complexity index is 335. The summed E-state index contributed by atoms with van der Waals surface area (Å²) in [7, 11) is 0. The van der Waals surface area contributed by atoms with Crippen molar-refractivity contribution < 1.29 is 45.4 Å². The summed E-state index contributed by atoms with van der Waals surface area (Å²) in [6.07, 6.45) is -7.05. The van der Waals surface area contributed by atoms with E-state index < -0.39 is 41.4 Å². The number of hydrogen-bond donors (Lipinski definition) is 5. The number of carboxylic acid groups (broad SMARTS) is 1. The van der Waals surface area contributed by atoms with Crippen molar-refractivity contribution in [3.05, 3.63) is 0 Å². The monoisotopic (exact) mass is 268 g/mol. The molecule has 0 amide bonds. The van der Waals surface area contributed by atoms with Gasteiger partial charge in [0.15, 0.2) is 11.9 Å². The Balaban J connectivity index is 0. The van der Waals surface area contributed by atoms with Gasteiger partial charge in [-0.25, -0.2) is 4.79 Å². The molecule has 0 fully saturated rings. The second-order valence-corrected chi connectivity index (χ2v) is 3.78. The minimum atomic E-state index is -2.68. The van der Waals surface area contributed by atoms with E-state index in [0.717, 1.165) is 6.92 Å². The number of Topliss-reactive ketones (excluding diaryl/α,β-unsaturated/α-hetero) is 2. The van der Waals surface area contributed by atoms with Crippen molar-refractivity contribution >= 4 is 17.5 Å². The highest BCUT2D eigenvalue weighted by molar-refractivity contribution is 6.38. The molecular formula is C9H16O9. The van der Waals surface area contributed by atoms with Crippen LogP contribution in [0.1, 0.15) is 13.8 Å². The molecule has 0 aliphatic heterocycles. The van der Waals surface area contributed by atoms with Crippen LogP contribution in [0.5, 0.6) is 0 Å². The van der Waals surface area contributed by atoms with E-state index in [-0.39, 0.29) is 5.48 Å². The maximum atomic E-state index is 11.0. The van der Waals surface area contributed by atoms with Crippen LogP contribution < -0.4 is 0 Å². The van der Waals surface area contributed by atoms with E-state index >= 15 is 0 Å². The Morgan fingerprint density at radius 2 is 1.50 bits per heavy atom. The Morgan fingerprint density at radius 3 is 1.78 bits per heavy atom. The molecule has 0 aliphatic rings. The average molecular weight is 268 g/mol. The Morgan fingerprint density at radius 1 is 1.11 bits per heavy atom. The molecule has 0 saturated carbocycles. The lowest BCUT2D eigenvalue weighted by Gasteiger charge is -2.33. The number of carbonyl (C=O) groups excluding carboxylic acids is 2. The molecule has 7 N–H and O–H groups in total. The number of aliphatic carboxylic acids is 1. The number of ketones is 2. The molecule has 106 valence electrons. The van der Waals surface area contributed by atoms with Crippen molar-refractivity contribution in [1.82, 2.24) is 0 Å². The first kappa shape index (κ1) is 19.0. The smallest absolute Gasteiger partial charge is 0.335 e. The predicted octanol–water partition coefficient (Wildman–Crippen LogP) is -3.76. The minimum Gasteiger partial charge on any atom is -0.479 e. The molecule has 0 aromatic rings. The molecule has 0 radical (unpaired) electrons. The molecule has 0 aromatic heterocycles. The summed E-state index contributed by atoms with van der Waals surface area (Å²) in [5.74, 6) is -4.32. The SMILES string of the molecule is CC(=O)C(=O)C(O)C(O)C(C)(O)C(O)C(=O)O.O. The van der Waals surface area contributed by atoms with Crippen LogP contribution in [0.15, 0.2) is 0 Å². The van der Waals surface area contributed by atoms with Gasteiger partial charge < -0.3 is 31.0 Å². The number of hydrogen-bond acceptors (Lipinski definition) is 7. The summed E-state index contributed by atoms with van der Waals surface area (Å²) in [5.41, 5.74) is -2.68. The summed E-state index contributed by atoms with van der Waals surface area (Å²) in [6.45, 7) is 1.55. The second-order valence-electron chi connectivity index (χ2n) is 3.78. The summed E-state index contributed by atoms with van der Waals surface area (Å²) >= 11 is 0. The fourth-order valence-electron chi connectivity index (χ4n) is 1.08.